The molecule has 2 aliphatic rings. The molecular formula is C25H28FN3O3. The fourth-order valence-corrected chi connectivity index (χ4v) is 4.88. The van der Waals surface area contributed by atoms with Crippen molar-refractivity contribution in [2.75, 3.05) is 27.3 Å². The van der Waals surface area contributed by atoms with Crippen LogP contribution in [0.3, 0.4) is 0 Å². The molecule has 5 rings (SSSR count). The maximum Gasteiger partial charge on any atom is 0.225 e. The second-order valence-electron chi connectivity index (χ2n) is 8.69. The van der Waals surface area contributed by atoms with Gasteiger partial charge in [-0.05, 0) is 56.0 Å². The highest BCUT2D eigenvalue weighted by Gasteiger charge is 2.33. The first-order valence-corrected chi connectivity index (χ1v) is 11.3. The van der Waals surface area contributed by atoms with Gasteiger partial charge in [-0.2, -0.15) is 0 Å². The number of ether oxygens (including phenoxy) is 2. The molecule has 7 heteroatoms. The summed E-state index contributed by atoms with van der Waals surface area (Å²) in [5, 5.41) is 0. The Labute approximate surface area is 186 Å². The first-order valence-electron chi connectivity index (χ1n) is 11.3. The Morgan fingerprint density at radius 1 is 1.00 bits per heavy atom. The summed E-state index contributed by atoms with van der Waals surface area (Å²) in [6.07, 6.45) is 4.92. The summed E-state index contributed by atoms with van der Waals surface area (Å²) in [5.74, 6) is 2.28. The van der Waals surface area contributed by atoms with E-state index in [1.54, 1.807) is 20.3 Å². The number of aromatic nitrogens is 2. The number of hydrogen-bond acceptors (Lipinski definition) is 4. The summed E-state index contributed by atoms with van der Waals surface area (Å²) in [6.45, 7) is 1.48. The number of likely N-dealkylation sites (tertiary alicyclic amines) is 1. The van der Waals surface area contributed by atoms with Crippen molar-refractivity contribution < 1.29 is 18.7 Å². The number of amides is 1. The van der Waals surface area contributed by atoms with Crippen molar-refractivity contribution in [3.63, 3.8) is 0 Å². The van der Waals surface area contributed by atoms with Gasteiger partial charge in [0.25, 0.3) is 0 Å². The molecule has 3 aromatic rings. The quantitative estimate of drug-likeness (QED) is 0.574. The highest BCUT2D eigenvalue weighted by molar-refractivity contribution is 5.82. The van der Waals surface area contributed by atoms with Crippen molar-refractivity contribution in [1.82, 2.24) is 14.5 Å². The Morgan fingerprint density at radius 2 is 1.75 bits per heavy atom. The van der Waals surface area contributed by atoms with Crippen LogP contribution in [-0.2, 0) is 4.79 Å². The molecule has 168 valence electrons. The smallest absolute Gasteiger partial charge is 0.225 e. The second kappa shape index (κ2) is 8.45. The van der Waals surface area contributed by atoms with Crippen LogP contribution in [0.25, 0.3) is 22.4 Å². The lowest BCUT2D eigenvalue weighted by Crippen LogP contribution is -2.43. The Morgan fingerprint density at radius 3 is 2.41 bits per heavy atom. The third-order valence-electron chi connectivity index (χ3n) is 6.89. The highest BCUT2D eigenvalue weighted by Crippen LogP contribution is 2.38. The topological polar surface area (TPSA) is 56.6 Å². The van der Waals surface area contributed by atoms with Gasteiger partial charge in [-0.25, -0.2) is 9.37 Å². The third-order valence-corrected chi connectivity index (χ3v) is 6.89. The van der Waals surface area contributed by atoms with E-state index in [0.717, 1.165) is 55.7 Å². The van der Waals surface area contributed by atoms with Crippen molar-refractivity contribution in [1.29, 1.82) is 0 Å². The van der Waals surface area contributed by atoms with Gasteiger partial charge in [0.1, 0.15) is 11.6 Å². The Hall–Kier alpha value is -3.09. The lowest BCUT2D eigenvalue weighted by Gasteiger charge is -2.37. The first-order chi connectivity index (χ1) is 15.6. The number of rotatable bonds is 5. The molecule has 0 bridgehead atoms. The van der Waals surface area contributed by atoms with Crippen molar-refractivity contribution in [2.24, 2.45) is 5.92 Å². The molecule has 0 N–H and O–H groups in total. The number of fused-ring (bicyclic) bond motifs is 1. The summed E-state index contributed by atoms with van der Waals surface area (Å²) in [7, 11) is 3.21. The molecule has 1 saturated heterocycles. The molecule has 0 radical (unpaired) electrons. The standard InChI is InChI=1S/C25H28FN3O3/c1-31-22-9-6-17(14-23(22)32-2)24-27-20-15-18(26)7-8-21(20)29(24)19-10-12-28(13-11-19)25(30)16-4-3-5-16/h6-9,14-16,19H,3-5,10-13H2,1-2H3. The number of halogens is 1. The van der Waals surface area contributed by atoms with Gasteiger partial charge in [0.05, 0.1) is 25.3 Å². The molecule has 1 aliphatic heterocycles. The summed E-state index contributed by atoms with van der Waals surface area (Å²) in [5.41, 5.74) is 2.41. The van der Waals surface area contributed by atoms with E-state index in [2.05, 4.69) is 4.57 Å². The van der Waals surface area contributed by atoms with E-state index in [1.807, 2.05) is 23.1 Å². The van der Waals surface area contributed by atoms with Crippen LogP contribution in [0.15, 0.2) is 36.4 Å². The van der Waals surface area contributed by atoms with E-state index in [4.69, 9.17) is 14.5 Å². The third kappa shape index (κ3) is 3.59. The number of piperidine rings is 1. The number of methoxy groups -OCH3 is 2. The van der Waals surface area contributed by atoms with Gasteiger partial charge in [0, 0.05) is 36.7 Å². The van der Waals surface area contributed by atoms with E-state index in [9.17, 15) is 9.18 Å². The molecule has 2 fully saturated rings. The van der Waals surface area contributed by atoms with Crippen molar-refractivity contribution in [3.8, 4) is 22.9 Å². The fraction of sp³-hybridized carbons (Fsp3) is 0.440. The van der Waals surface area contributed by atoms with Crippen LogP contribution in [-0.4, -0.2) is 47.7 Å². The molecule has 0 spiro atoms. The fourth-order valence-electron chi connectivity index (χ4n) is 4.88. The Balaban J connectivity index is 1.50. The lowest BCUT2D eigenvalue weighted by molar-refractivity contribution is -0.139. The molecule has 1 aromatic heterocycles. The zero-order valence-electron chi connectivity index (χ0n) is 18.5. The summed E-state index contributed by atoms with van der Waals surface area (Å²) < 4.78 is 27.0. The molecule has 2 heterocycles. The average molecular weight is 438 g/mol. The summed E-state index contributed by atoms with van der Waals surface area (Å²) in [4.78, 5) is 19.5. The minimum atomic E-state index is -0.304. The zero-order valence-corrected chi connectivity index (χ0v) is 18.5. The van der Waals surface area contributed by atoms with Crippen LogP contribution >= 0.6 is 0 Å². The minimum absolute atomic E-state index is 0.180. The van der Waals surface area contributed by atoms with Crippen LogP contribution < -0.4 is 9.47 Å². The molecule has 0 unspecified atom stereocenters. The molecule has 32 heavy (non-hydrogen) atoms. The lowest BCUT2D eigenvalue weighted by atomic mass is 9.84. The average Bonchev–Trinajstić information content (AvgIpc) is 3.16. The zero-order chi connectivity index (χ0) is 22.2. The van der Waals surface area contributed by atoms with Crippen LogP contribution in [0.1, 0.15) is 38.1 Å². The van der Waals surface area contributed by atoms with Gasteiger partial charge >= 0.3 is 0 Å². The highest BCUT2D eigenvalue weighted by atomic mass is 19.1. The van der Waals surface area contributed by atoms with Gasteiger partial charge in [-0.1, -0.05) is 6.42 Å². The van der Waals surface area contributed by atoms with E-state index in [0.29, 0.717) is 22.9 Å². The first kappa shape index (κ1) is 20.8. The van der Waals surface area contributed by atoms with Gasteiger partial charge in [-0.15, -0.1) is 0 Å². The SMILES string of the molecule is COc1ccc(-c2nc3cc(F)ccc3n2C2CCN(C(=O)C3CCC3)CC2)cc1OC. The maximum absolute atomic E-state index is 14.0. The van der Waals surface area contributed by atoms with E-state index < -0.39 is 0 Å². The molecule has 1 saturated carbocycles. The van der Waals surface area contributed by atoms with Crippen molar-refractivity contribution in [2.45, 2.75) is 38.1 Å². The maximum atomic E-state index is 14.0. The predicted molar refractivity (Wildman–Crippen MR) is 120 cm³/mol. The van der Waals surface area contributed by atoms with Crippen LogP contribution in [0.2, 0.25) is 0 Å². The number of imidazole rings is 1. The molecule has 0 atom stereocenters. The largest absolute Gasteiger partial charge is 0.493 e. The van der Waals surface area contributed by atoms with Crippen LogP contribution in [0.5, 0.6) is 11.5 Å². The van der Waals surface area contributed by atoms with E-state index in [1.165, 1.54) is 18.6 Å². The number of benzene rings is 2. The number of hydrogen-bond donors (Lipinski definition) is 0. The normalized spacial score (nSPS) is 17.4. The van der Waals surface area contributed by atoms with Gasteiger partial charge < -0.3 is 18.9 Å². The molecule has 2 aromatic carbocycles. The van der Waals surface area contributed by atoms with Gasteiger partial charge in [-0.3, -0.25) is 4.79 Å². The summed E-state index contributed by atoms with van der Waals surface area (Å²) >= 11 is 0. The van der Waals surface area contributed by atoms with E-state index >= 15 is 0 Å². The number of nitrogens with zero attached hydrogens (tertiary/aromatic N) is 3. The molecule has 1 amide bonds. The van der Waals surface area contributed by atoms with Crippen LogP contribution in [0.4, 0.5) is 4.39 Å². The van der Waals surface area contributed by atoms with E-state index in [-0.39, 0.29) is 17.8 Å². The second-order valence-corrected chi connectivity index (χ2v) is 8.69. The van der Waals surface area contributed by atoms with Crippen molar-refractivity contribution >= 4 is 16.9 Å². The number of carbonyl (C=O) groups is 1. The van der Waals surface area contributed by atoms with Crippen LogP contribution in [0, 0.1) is 11.7 Å². The Bertz CT molecular complexity index is 1150. The van der Waals surface area contributed by atoms with Gasteiger partial charge in [0.15, 0.2) is 11.5 Å². The molecule has 6 nitrogen and oxygen atoms in total. The number of carbonyl (C=O) groups excluding carboxylic acids is 1. The molecule has 1 aliphatic carbocycles. The summed E-state index contributed by atoms with van der Waals surface area (Å²) in [6, 6.07) is 10.7. The Kier molecular flexibility index (Phi) is 5.49. The van der Waals surface area contributed by atoms with Gasteiger partial charge in [0.2, 0.25) is 5.91 Å². The molecular weight excluding hydrogens is 409 g/mol. The monoisotopic (exact) mass is 437 g/mol. The predicted octanol–water partition coefficient (Wildman–Crippen LogP) is 4.82. The minimum Gasteiger partial charge on any atom is -0.493 e. The van der Waals surface area contributed by atoms with Crippen molar-refractivity contribution in [3.05, 3.63) is 42.2 Å².